The van der Waals surface area contributed by atoms with Crippen LogP contribution in [0.4, 0.5) is 0 Å². The van der Waals surface area contributed by atoms with E-state index in [9.17, 15) is 5.26 Å². The summed E-state index contributed by atoms with van der Waals surface area (Å²) in [6.07, 6.45) is 6.11. The first-order chi connectivity index (χ1) is 13.3. The highest BCUT2D eigenvalue weighted by Crippen LogP contribution is 2.22. The number of para-hydroxylation sites is 1. The maximum Gasteiger partial charge on any atom is 0.174 e. The second kappa shape index (κ2) is 8.14. The number of ether oxygens (including phenoxy) is 1. The summed E-state index contributed by atoms with van der Waals surface area (Å²) >= 11 is 1.52. The van der Waals surface area contributed by atoms with Crippen LogP contribution in [0.15, 0.2) is 35.7 Å². The van der Waals surface area contributed by atoms with Crippen molar-refractivity contribution in [2.45, 2.75) is 38.8 Å². The lowest BCUT2D eigenvalue weighted by Gasteiger charge is -2.05. The van der Waals surface area contributed by atoms with E-state index < -0.39 is 0 Å². The number of nitriles is 1. The van der Waals surface area contributed by atoms with E-state index in [4.69, 9.17) is 4.74 Å². The van der Waals surface area contributed by atoms with Crippen LogP contribution in [0, 0.1) is 11.3 Å². The predicted molar refractivity (Wildman–Crippen MR) is 104 cm³/mol. The predicted octanol–water partition coefficient (Wildman–Crippen LogP) is 4.10. The topological polar surface area (TPSA) is 76.6 Å². The molecule has 3 aromatic rings. The first-order valence-corrected chi connectivity index (χ1v) is 9.88. The summed E-state index contributed by atoms with van der Waals surface area (Å²) in [6, 6.07) is 11.9. The molecule has 0 amide bonds. The van der Waals surface area contributed by atoms with Gasteiger partial charge >= 0.3 is 0 Å². The van der Waals surface area contributed by atoms with Crippen LogP contribution in [0.3, 0.4) is 0 Å². The van der Waals surface area contributed by atoms with Crippen LogP contribution in [-0.4, -0.2) is 19.7 Å². The zero-order valence-corrected chi connectivity index (χ0v) is 15.7. The second-order valence-corrected chi connectivity index (χ2v) is 7.28. The number of fused-ring (bicyclic) bond motifs is 1. The lowest BCUT2D eigenvalue weighted by atomic mass is 10.2. The number of thiazole rings is 1. The van der Waals surface area contributed by atoms with Crippen LogP contribution in [0.5, 0.6) is 5.75 Å². The molecule has 1 aromatic carbocycles. The van der Waals surface area contributed by atoms with Crippen molar-refractivity contribution in [2.75, 3.05) is 0 Å². The molecule has 0 N–H and O–H groups in total. The quantitative estimate of drug-likeness (QED) is 0.626. The van der Waals surface area contributed by atoms with Gasteiger partial charge in [0.25, 0.3) is 0 Å². The fourth-order valence-corrected chi connectivity index (χ4v) is 3.76. The van der Waals surface area contributed by atoms with Crippen LogP contribution < -0.4 is 4.74 Å². The lowest BCUT2D eigenvalue weighted by molar-refractivity contribution is 0.305. The van der Waals surface area contributed by atoms with Gasteiger partial charge in [0.2, 0.25) is 0 Å². The average molecular weight is 377 g/mol. The summed E-state index contributed by atoms with van der Waals surface area (Å²) in [6.45, 7) is 1.27. The van der Waals surface area contributed by atoms with Crippen LogP contribution in [0.25, 0.3) is 11.6 Å². The van der Waals surface area contributed by atoms with Crippen LogP contribution >= 0.6 is 11.3 Å². The lowest BCUT2D eigenvalue weighted by Crippen LogP contribution is -2.05. The van der Waals surface area contributed by atoms with E-state index in [1.165, 1.54) is 17.8 Å². The Morgan fingerprint density at radius 3 is 2.96 bits per heavy atom. The minimum atomic E-state index is 0.407. The van der Waals surface area contributed by atoms with E-state index in [1.807, 2.05) is 35.7 Å². The van der Waals surface area contributed by atoms with Crippen LogP contribution in [0.2, 0.25) is 0 Å². The smallest absolute Gasteiger partial charge is 0.174 e. The van der Waals surface area contributed by atoms with Gasteiger partial charge in [0.05, 0.1) is 11.3 Å². The van der Waals surface area contributed by atoms with Gasteiger partial charge in [0.15, 0.2) is 5.82 Å². The molecule has 0 saturated heterocycles. The van der Waals surface area contributed by atoms with Gasteiger partial charge in [-0.15, -0.1) is 21.5 Å². The van der Waals surface area contributed by atoms with E-state index in [2.05, 4.69) is 25.8 Å². The zero-order chi connectivity index (χ0) is 18.5. The largest absolute Gasteiger partial charge is 0.486 e. The van der Waals surface area contributed by atoms with Crippen molar-refractivity contribution >= 4 is 23.0 Å². The standard InChI is InChI=1S/C20H19N5OS/c21-12-15(20-24-23-18-9-5-2-6-10-25(18)20)11-16-14-27-19(22-16)13-26-17-7-3-1-4-8-17/h1,3-4,7-8,11,14H,2,5-6,9-10,13H2/b15-11+. The number of aromatic nitrogens is 4. The Morgan fingerprint density at radius 2 is 2.11 bits per heavy atom. The third kappa shape index (κ3) is 4.07. The monoisotopic (exact) mass is 377 g/mol. The van der Waals surface area contributed by atoms with Crippen molar-refractivity contribution < 1.29 is 4.74 Å². The van der Waals surface area contributed by atoms with Crippen LogP contribution in [-0.2, 0) is 19.6 Å². The molecule has 7 heteroatoms. The SMILES string of the molecule is N#C/C(=C\c1csc(COc2ccccc2)n1)c1nnc2n1CCCCC2. The maximum atomic E-state index is 9.64. The number of benzene rings is 1. The van der Waals surface area contributed by atoms with Crippen molar-refractivity contribution in [3.05, 3.63) is 58.1 Å². The van der Waals surface area contributed by atoms with Crippen molar-refractivity contribution in [2.24, 2.45) is 0 Å². The van der Waals surface area contributed by atoms with Crippen molar-refractivity contribution in [1.82, 2.24) is 19.7 Å². The number of rotatable bonds is 5. The molecule has 3 heterocycles. The second-order valence-electron chi connectivity index (χ2n) is 6.34. The highest BCUT2D eigenvalue weighted by molar-refractivity contribution is 7.09. The molecule has 1 aliphatic rings. The Balaban J connectivity index is 1.51. The maximum absolute atomic E-state index is 9.64. The zero-order valence-electron chi connectivity index (χ0n) is 14.8. The fourth-order valence-electron chi connectivity index (χ4n) is 3.10. The number of hydrogen-bond donors (Lipinski definition) is 0. The van der Waals surface area contributed by atoms with Gasteiger partial charge in [-0.25, -0.2) is 4.98 Å². The Bertz CT molecular complexity index is 983. The minimum absolute atomic E-state index is 0.407. The molecule has 0 spiro atoms. The Kier molecular flexibility index (Phi) is 5.26. The molecule has 0 aliphatic carbocycles. The van der Waals surface area contributed by atoms with E-state index >= 15 is 0 Å². The van der Waals surface area contributed by atoms with Gasteiger partial charge in [0.1, 0.15) is 29.3 Å². The van der Waals surface area contributed by atoms with Crippen LogP contribution in [0.1, 0.15) is 41.6 Å². The molecule has 136 valence electrons. The third-order valence-corrected chi connectivity index (χ3v) is 5.28. The number of nitrogens with zero attached hydrogens (tertiary/aromatic N) is 5. The average Bonchev–Trinajstić information content (AvgIpc) is 3.25. The molecule has 0 atom stereocenters. The molecule has 27 heavy (non-hydrogen) atoms. The molecule has 0 bridgehead atoms. The molecule has 6 nitrogen and oxygen atoms in total. The highest BCUT2D eigenvalue weighted by atomic mass is 32.1. The molecule has 0 saturated carbocycles. The van der Waals surface area contributed by atoms with Crippen molar-refractivity contribution in [3.8, 4) is 11.8 Å². The molecule has 1 aliphatic heterocycles. The molecule has 0 fully saturated rings. The molecular formula is C20H19N5OS. The van der Waals surface area contributed by atoms with Gasteiger partial charge in [-0.1, -0.05) is 24.6 Å². The Hall–Kier alpha value is -2.98. The summed E-state index contributed by atoms with van der Waals surface area (Å²) in [5, 5.41) is 21.0. The summed E-state index contributed by atoms with van der Waals surface area (Å²) in [5.74, 6) is 2.43. The summed E-state index contributed by atoms with van der Waals surface area (Å²) < 4.78 is 7.81. The number of allylic oxidation sites excluding steroid dienone is 1. The normalized spacial score (nSPS) is 14.3. The summed E-state index contributed by atoms with van der Waals surface area (Å²) in [4.78, 5) is 4.56. The van der Waals surface area contributed by atoms with E-state index in [-0.39, 0.29) is 0 Å². The third-order valence-electron chi connectivity index (χ3n) is 4.44. The van der Waals surface area contributed by atoms with Crippen molar-refractivity contribution in [3.63, 3.8) is 0 Å². The number of aryl methyl sites for hydroxylation is 1. The van der Waals surface area contributed by atoms with E-state index in [1.54, 1.807) is 6.08 Å². The summed E-state index contributed by atoms with van der Waals surface area (Å²) in [7, 11) is 0. The van der Waals surface area contributed by atoms with Gasteiger partial charge in [0, 0.05) is 18.3 Å². The molecule has 0 unspecified atom stereocenters. The Labute approximate surface area is 161 Å². The summed E-state index contributed by atoms with van der Waals surface area (Å²) in [5.41, 5.74) is 1.24. The minimum Gasteiger partial charge on any atom is -0.486 e. The van der Waals surface area contributed by atoms with Gasteiger partial charge in [-0.05, 0) is 31.1 Å². The molecule has 0 radical (unpaired) electrons. The Morgan fingerprint density at radius 1 is 1.22 bits per heavy atom. The molecular weight excluding hydrogens is 358 g/mol. The first kappa shape index (κ1) is 17.4. The molecule has 2 aromatic heterocycles. The highest BCUT2D eigenvalue weighted by Gasteiger charge is 2.18. The van der Waals surface area contributed by atoms with Gasteiger partial charge in [-0.2, -0.15) is 5.26 Å². The first-order valence-electron chi connectivity index (χ1n) is 9.00. The van der Waals surface area contributed by atoms with E-state index in [0.29, 0.717) is 18.0 Å². The number of hydrogen-bond acceptors (Lipinski definition) is 6. The van der Waals surface area contributed by atoms with E-state index in [0.717, 1.165) is 48.1 Å². The van der Waals surface area contributed by atoms with Gasteiger partial charge < -0.3 is 9.30 Å². The molecule has 4 rings (SSSR count). The van der Waals surface area contributed by atoms with Gasteiger partial charge in [-0.3, -0.25) is 0 Å². The fraction of sp³-hybridized carbons (Fsp3) is 0.300. The van der Waals surface area contributed by atoms with Crippen molar-refractivity contribution in [1.29, 1.82) is 5.26 Å².